The van der Waals surface area contributed by atoms with Crippen LogP contribution in [0.15, 0.2) is 79.1 Å². The summed E-state index contributed by atoms with van der Waals surface area (Å²) >= 11 is 0. The van der Waals surface area contributed by atoms with Gasteiger partial charge in [-0.25, -0.2) is 4.98 Å². The molecule has 5 rings (SSSR count). The van der Waals surface area contributed by atoms with E-state index in [1.165, 1.54) is 0 Å². The molecule has 1 aliphatic heterocycles. The van der Waals surface area contributed by atoms with Crippen LogP contribution < -0.4 is 10.1 Å². The maximum absolute atomic E-state index is 11.6. The molecule has 0 atom stereocenters. The Morgan fingerprint density at radius 1 is 1.11 bits per heavy atom. The minimum absolute atomic E-state index is 0.201. The number of nitrogens with one attached hydrogen (secondary N) is 1. The summed E-state index contributed by atoms with van der Waals surface area (Å²) in [5.41, 5.74) is 2.15. The van der Waals surface area contributed by atoms with Crippen LogP contribution in [0.4, 0.5) is 11.5 Å². The molecular formula is C27H26N4O4. The van der Waals surface area contributed by atoms with Crippen LogP contribution in [0.3, 0.4) is 0 Å². The molecule has 0 amide bonds. The van der Waals surface area contributed by atoms with Crippen molar-refractivity contribution in [2.75, 3.05) is 18.5 Å². The summed E-state index contributed by atoms with van der Waals surface area (Å²) in [6, 6.07) is 21.0. The van der Waals surface area contributed by atoms with Crippen LogP contribution in [-0.2, 0) is 14.9 Å². The molecule has 0 aliphatic carbocycles. The molecule has 4 aromatic rings. The number of hydrogen-bond acceptors (Lipinski definition) is 6. The van der Waals surface area contributed by atoms with Crippen molar-refractivity contribution in [2.45, 2.75) is 25.3 Å². The van der Waals surface area contributed by atoms with Crippen molar-refractivity contribution in [1.82, 2.24) is 14.8 Å². The molecule has 0 saturated carbocycles. The third-order valence-electron chi connectivity index (χ3n) is 6.09. The number of rotatable bonds is 8. The Bertz CT molecular complexity index is 1350. The van der Waals surface area contributed by atoms with Crippen LogP contribution in [-0.4, -0.2) is 39.1 Å². The van der Waals surface area contributed by atoms with Crippen molar-refractivity contribution in [2.24, 2.45) is 0 Å². The van der Waals surface area contributed by atoms with Gasteiger partial charge in [0.05, 0.1) is 30.9 Å². The second-order valence-corrected chi connectivity index (χ2v) is 8.99. The zero-order valence-electron chi connectivity index (χ0n) is 19.5. The highest BCUT2D eigenvalue weighted by Gasteiger charge is 2.29. The lowest BCUT2D eigenvalue weighted by Gasteiger charge is -2.25. The molecule has 8 heteroatoms. The quantitative estimate of drug-likeness (QED) is 0.355. The zero-order chi connectivity index (χ0) is 24.4. The van der Waals surface area contributed by atoms with Crippen LogP contribution >= 0.6 is 0 Å². The van der Waals surface area contributed by atoms with E-state index in [1.54, 1.807) is 32.2 Å². The van der Waals surface area contributed by atoms with Crippen molar-refractivity contribution in [1.29, 1.82) is 0 Å². The van der Waals surface area contributed by atoms with E-state index in [4.69, 9.17) is 14.6 Å². The van der Waals surface area contributed by atoms with Crippen LogP contribution in [0.5, 0.6) is 11.5 Å². The van der Waals surface area contributed by atoms with Gasteiger partial charge in [0, 0.05) is 23.5 Å². The van der Waals surface area contributed by atoms with Gasteiger partial charge in [0.25, 0.3) is 0 Å². The van der Waals surface area contributed by atoms with Crippen molar-refractivity contribution >= 4 is 17.5 Å². The Balaban J connectivity index is 1.40. The summed E-state index contributed by atoms with van der Waals surface area (Å²) in [5, 5.41) is 17.6. The van der Waals surface area contributed by atoms with E-state index in [1.807, 2.05) is 65.5 Å². The molecule has 0 radical (unpaired) electrons. The first kappa shape index (κ1) is 22.6. The first-order valence-electron chi connectivity index (χ1n) is 11.4. The van der Waals surface area contributed by atoms with Gasteiger partial charge in [-0.15, -0.1) is 0 Å². The third-order valence-corrected chi connectivity index (χ3v) is 6.09. The largest absolute Gasteiger partial charge is 0.481 e. The SMILES string of the molecule is CC(C)(C(=O)O)c1cccc(Nc2cc(Oc3cn(C4COC4)nc3-c3ccccc3)ccn2)c1. The molecule has 1 saturated heterocycles. The Labute approximate surface area is 203 Å². The number of aliphatic carboxylic acids is 1. The molecule has 8 nitrogen and oxygen atoms in total. The lowest BCUT2D eigenvalue weighted by molar-refractivity contribution is -0.142. The third kappa shape index (κ3) is 4.74. The Hall–Kier alpha value is -4.17. The molecule has 2 aromatic heterocycles. The van der Waals surface area contributed by atoms with E-state index in [-0.39, 0.29) is 6.04 Å². The summed E-state index contributed by atoms with van der Waals surface area (Å²) in [6.07, 6.45) is 3.57. The predicted octanol–water partition coefficient (Wildman–Crippen LogP) is 5.41. The average molecular weight is 471 g/mol. The number of ether oxygens (including phenoxy) is 2. The average Bonchev–Trinajstić information content (AvgIpc) is 3.21. The first-order valence-corrected chi connectivity index (χ1v) is 11.4. The maximum atomic E-state index is 11.6. The van der Waals surface area contributed by atoms with Gasteiger partial charge in [0.1, 0.15) is 17.3 Å². The van der Waals surface area contributed by atoms with Crippen LogP contribution in [0.1, 0.15) is 25.5 Å². The Morgan fingerprint density at radius 2 is 1.91 bits per heavy atom. The number of carboxylic acid groups (broad SMARTS) is 1. The van der Waals surface area contributed by atoms with Crippen LogP contribution in [0, 0.1) is 0 Å². The highest BCUT2D eigenvalue weighted by molar-refractivity contribution is 5.81. The van der Waals surface area contributed by atoms with E-state index < -0.39 is 11.4 Å². The van der Waals surface area contributed by atoms with Crippen molar-refractivity contribution in [3.05, 3.63) is 84.7 Å². The van der Waals surface area contributed by atoms with Crippen molar-refractivity contribution in [3.8, 4) is 22.8 Å². The highest BCUT2D eigenvalue weighted by Crippen LogP contribution is 2.35. The summed E-state index contributed by atoms with van der Waals surface area (Å²) in [6.45, 7) is 4.63. The minimum atomic E-state index is -1.00. The number of carboxylic acids is 1. The second-order valence-electron chi connectivity index (χ2n) is 8.99. The normalized spacial score (nSPS) is 13.8. The summed E-state index contributed by atoms with van der Waals surface area (Å²) < 4.78 is 13.5. The molecule has 2 aromatic carbocycles. The number of pyridine rings is 1. The van der Waals surface area contributed by atoms with E-state index in [0.717, 1.165) is 16.9 Å². The van der Waals surface area contributed by atoms with Crippen LogP contribution in [0.25, 0.3) is 11.3 Å². The molecule has 1 aliphatic rings. The lowest BCUT2D eigenvalue weighted by atomic mass is 9.84. The van der Waals surface area contributed by atoms with E-state index in [9.17, 15) is 9.90 Å². The minimum Gasteiger partial charge on any atom is -0.481 e. The number of anilines is 2. The lowest BCUT2D eigenvalue weighted by Crippen LogP contribution is -2.30. The Kier molecular flexibility index (Phi) is 5.96. The van der Waals surface area contributed by atoms with Gasteiger partial charge in [-0.2, -0.15) is 5.10 Å². The highest BCUT2D eigenvalue weighted by atomic mass is 16.5. The smallest absolute Gasteiger partial charge is 0.313 e. The van der Waals surface area contributed by atoms with Crippen LogP contribution in [0.2, 0.25) is 0 Å². The van der Waals surface area contributed by atoms with Gasteiger partial charge in [-0.1, -0.05) is 42.5 Å². The molecule has 0 unspecified atom stereocenters. The zero-order valence-corrected chi connectivity index (χ0v) is 19.5. The van der Waals surface area contributed by atoms with E-state index in [2.05, 4.69) is 10.3 Å². The molecule has 35 heavy (non-hydrogen) atoms. The number of benzene rings is 2. The molecule has 178 valence electrons. The van der Waals surface area contributed by atoms with Gasteiger partial charge < -0.3 is 19.9 Å². The summed E-state index contributed by atoms with van der Waals surface area (Å²) in [5.74, 6) is 0.941. The summed E-state index contributed by atoms with van der Waals surface area (Å²) in [4.78, 5) is 16.0. The molecule has 1 fully saturated rings. The molecule has 3 heterocycles. The van der Waals surface area contributed by atoms with Crippen molar-refractivity contribution in [3.63, 3.8) is 0 Å². The van der Waals surface area contributed by atoms with Gasteiger partial charge in [0.2, 0.25) is 0 Å². The van der Waals surface area contributed by atoms with Crippen molar-refractivity contribution < 1.29 is 19.4 Å². The van der Waals surface area contributed by atoms with Gasteiger partial charge in [-0.05, 0) is 37.6 Å². The standard InChI is InChI=1S/C27H26N4O4/c1-27(2,26(32)33)19-9-6-10-20(13-19)29-24-14-22(11-12-28-24)35-23-15-31(21-16-34-17-21)30-25(23)18-7-4-3-5-8-18/h3-15,21H,16-17H2,1-2H3,(H,28,29)(H,32,33). The fourth-order valence-corrected chi connectivity index (χ4v) is 3.74. The molecular weight excluding hydrogens is 444 g/mol. The number of aromatic nitrogens is 3. The van der Waals surface area contributed by atoms with Gasteiger partial charge in [0.15, 0.2) is 5.75 Å². The second kappa shape index (κ2) is 9.23. The number of hydrogen-bond donors (Lipinski definition) is 2. The van der Waals surface area contributed by atoms with E-state index in [0.29, 0.717) is 36.1 Å². The van der Waals surface area contributed by atoms with Gasteiger partial charge >= 0.3 is 5.97 Å². The Morgan fingerprint density at radius 3 is 2.63 bits per heavy atom. The molecule has 0 spiro atoms. The number of carbonyl (C=O) groups is 1. The predicted molar refractivity (Wildman–Crippen MR) is 132 cm³/mol. The fourth-order valence-electron chi connectivity index (χ4n) is 3.74. The monoisotopic (exact) mass is 470 g/mol. The maximum Gasteiger partial charge on any atom is 0.313 e. The van der Waals surface area contributed by atoms with Gasteiger partial charge in [-0.3, -0.25) is 9.48 Å². The first-order chi connectivity index (χ1) is 16.9. The fraction of sp³-hybridized carbons (Fsp3) is 0.222. The number of nitrogens with zero attached hydrogens (tertiary/aromatic N) is 3. The van der Waals surface area contributed by atoms with E-state index >= 15 is 0 Å². The summed E-state index contributed by atoms with van der Waals surface area (Å²) in [7, 11) is 0. The molecule has 2 N–H and O–H groups in total. The topological polar surface area (TPSA) is 98.5 Å². The molecule has 0 bridgehead atoms.